The molecule has 0 aliphatic carbocycles. The fraction of sp³-hybridized carbons (Fsp3) is 0.158. The molecule has 2 aromatic rings. The van der Waals surface area contributed by atoms with E-state index in [4.69, 9.17) is 22.2 Å². The molecular weight excluding hydrogens is 336 g/mol. The summed E-state index contributed by atoms with van der Waals surface area (Å²) in [6.07, 6.45) is 3.31. The lowest BCUT2D eigenvalue weighted by Crippen LogP contribution is -2.26. The van der Waals surface area contributed by atoms with E-state index >= 15 is 0 Å². The summed E-state index contributed by atoms with van der Waals surface area (Å²) in [5, 5.41) is 11.5. The topological polar surface area (TPSA) is 70.6 Å². The second kappa shape index (κ2) is 9.56. The van der Waals surface area contributed by atoms with E-state index in [2.05, 4.69) is 5.32 Å². The van der Waals surface area contributed by atoms with Crippen molar-refractivity contribution in [2.24, 2.45) is 0 Å². The Morgan fingerprint density at radius 3 is 2.60 bits per heavy atom. The molecule has 130 valence electrons. The van der Waals surface area contributed by atoms with Crippen LogP contribution in [0.5, 0.6) is 5.75 Å². The zero-order chi connectivity index (χ0) is 18.1. The first-order chi connectivity index (χ1) is 12.1. The van der Waals surface area contributed by atoms with Crippen LogP contribution in [0.3, 0.4) is 0 Å². The Morgan fingerprint density at radius 2 is 1.92 bits per heavy atom. The van der Waals surface area contributed by atoms with E-state index in [1.165, 1.54) is 6.08 Å². The first-order valence-electron chi connectivity index (χ1n) is 7.79. The minimum Gasteiger partial charge on any atom is -0.492 e. The van der Waals surface area contributed by atoms with Crippen LogP contribution in [0.25, 0.3) is 6.08 Å². The third kappa shape index (κ3) is 6.02. The van der Waals surface area contributed by atoms with Crippen molar-refractivity contribution < 1.29 is 14.7 Å². The average molecular weight is 356 g/mol. The molecule has 0 atom stereocenters. The molecule has 1 amide bonds. The van der Waals surface area contributed by atoms with Crippen LogP contribution in [0.2, 0.25) is 0 Å². The van der Waals surface area contributed by atoms with Gasteiger partial charge < -0.3 is 10.1 Å². The van der Waals surface area contributed by atoms with Gasteiger partial charge in [-0.05, 0) is 48.4 Å². The SMILES string of the molecule is Cc1ccccc1C=CC(=O)NCCOc1ccc(C(=S)NO)cc1. The number of carbonyl (C=O) groups is 1. The van der Waals surface area contributed by atoms with Gasteiger partial charge in [-0.1, -0.05) is 36.5 Å². The maximum absolute atomic E-state index is 11.8. The Bertz CT molecular complexity index is 758. The number of ether oxygens (including phenoxy) is 1. The Balaban J connectivity index is 1.73. The molecule has 3 N–H and O–H groups in total. The number of hydrogen-bond donors (Lipinski definition) is 3. The van der Waals surface area contributed by atoms with E-state index in [9.17, 15) is 4.79 Å². The van der Waals surface area contributed by atoms with Crippen LogP contribution in [0.1, 0.15) is 16.7 Å². The Hall–Kier alpha value is -2.70. The third-order valence-electron chi connectivity index (χ3n) is 3.49. The van der Waals surface area contributed by atoms with Crippen molar-refractivity contribution in [3.05, 3.63) is 71.3 Å². The first-order valence-corrected chi connectivity index (χ1v) is 8.20. The van der Waals surface area contributed by atoms with Crippen LogP contribution in [-0.2, 0) is 4.79 Å². The molecule has 0 saturated heterocycles. The van der Waals surface area contributed by atoms with Gasteiger partial charge in [0, 0.05) is 11.6 Å². The molecule has 0 fully saturated rings. The fourth-order valence-electron chi connectivity index (χ4n) is 2.11. The van der Waals surface area contributed by atoms with E-state index in [-0.39, 0.29) is 10.9 Å². The van der Waals surface area contributed by atoms with Gasteiger partial charge in [0.25, 0.3) is 0 Å². The van der Waals surface area contributed by atoms with Gasteiger partial charge in [-0.2, -0.15) is 0 Å². The molecule has 6 heteroatoms. The smallest absolute Gasteiger partial charge is 0.244 e. The lowest BCUT2D eigenvalue weighted by Gasteiger charge is -2.08. The molecule has 2 aromatic carbocycles. The number of carbonyl (C=O) groups excluding carboxylic acids is 1. The number of hydroxylamine groups is 1. The Morgan fingerprint density at radius 1 is 1.20 bits per heavy atom. The van der Waals surface area contributed by atoms with E-state index < -0.39 is 0 Å². The minimum absolute atomic E-state index is 0.165. The Kier molecular flexibility index (Phi) is 7.13. The molecule has 25 heavy (non-hydrogen) atoms. The number of hydrogen-bond acceptors (Lipinski definition) is 4. The van der Waals surface area contributed by atoms with Gasteiger partial charge >= 0.3 is 0 Å². The molecule has 5 nitrogen and oxygen atoms in total. The summed E-state index contributed by atoms with van der Waals surface area (Å²) in [5.41, 5.74) is 4.76. The van der Waals surface area contributed by atoms with Crippen molar-refractivity contribution in [3.8, 4) is 5.75 Å². The number of rotatable bonds is 7. The summed E-state index contributed by atoms with van der Waals surface area (Å²) in [5.74, 6) is 0.496. The van der Waals surface area contributed by atoms with Crippen molar-refractivity contribution >= 4 is 29.2 Å². The quantitative estimate of drug-likeness (QED) is 0.308. The number of benzene rings is 2. The van der Waals surface area contributed by atoms with Crippen molar-refractivity contribution in [2.45, 2.75) is 6.92 Å². The zero-order valence-electron chi connectivity index (χ0n) is 13.9. The molecule has 0 radical (unpaired) electrons. The molecule has 0 bridgehead atoms. The maximum atomic E-state index is 11.8. The summed E-state index contributed by atoms with van der Waals surface area (Å²) in [6, 6.07) is 14.8. The van der Waals surface area contributed by atoms with Gasteiger partial charge in [0.15, 0.2) is 0 Å². The highest BCUT2D eigenvalue weighted by Gasteiger charge is 2.01. The second-order valence-corrected chi connectivity index (χ2v) is 5.70. The Labute approximate surface area is 152 Å². The minimum atomic E-state index is -0.165. The van der Waals surface area contributed by atoms with E-state index in [1.54, 1.807) is 30.3 Å². The predicted molar refractivity (Wildman–Crippen MR) is 102 cm³/mol. The molecule has 0 aromatic heterocycles. The number of nitrogens with one attached hydrogen (secondary N) is 2. The van der Waals surface area contributed by atoms with Crippen LogP contribution in [0.15, 0.2) is 54.6 Å². The highest BCUT2D eigenvalue weighted by Crippen LogP contribution is 2.12. The third-order valence-corrected chi connectivity index (χ3v) is 3.82. The summed E-state index contributed by atoms with van der Waals surface area (Å²) >= 11 is 4.91. The fourth-order valence-corrected chi connectivity index (χ4v) is 2.24. The summed E-state index contributed by atoms with van der Waals surface area (Å²) in [4.78, 5) is 12.0. The van der Waals surface area contributed by atoms with Crippen molar-refractivity contribution in [1.82, 2.24) is 10.8 Å². The van der Waals surface area contributed by atoms with Crippen molar-refractivity contribution in [1.29, 1.82) is 0 Å². The summed E-state index contributed by atoms with van der Waals surface area (Å²) < 4.78 is 5.54. The van der Waals surface area contributed by atoms with Crippen LogP contribution in [0, 0.1) is 6.92 Å². The molecule has 0 spiro atoms. The lowest BCUT2D eigenvalue weighted by atomic mass is 10.1. The zero-order valence-corrected chi connectivity index (χ0v) is 14.7. The molecule has 0 unspecified atom stereocenters. The number of aryl methyl sites for hydroxylation is 1. The van der Waals surface area contributed by atoms with Crippen LogP contribution in [-0.4, -0.2) is 29.3 Å². The number of thiocarbonyl (C=S) groups is 1. The van der Waals surface area contributed by atoms with E-state index in [0.29, 0.717) is 24.5 Å². The average Bonchev–Trinajstić information content (AvgIpc) is 2.64. The van der Waals surface area contributed by atoms with Crippen molar-refractivity contribution in [3.63, 3.8) is 0 Å². The number of amides is 1. The van der Waals surface area contributed by atoms with Gasteiger partial charge in [-0.15, -0.1) is 0 Å². The van der Waals surface area contributed by atoms with Gasteiger partial charge in [0.05, 0.1) is 6.54 Å². The van der Waals surface area contributed by atoms with E-state index in [0.717, 1.165) is 11.1 Å². The van der Waals surface area contributed by atoms with E-state index in [1.807, 2.05) is 36.7 Å². The normalized spacial score (nSPS) is 10.5. The van der Waals surface area contributed by atoms with Crippen LogP contribution < -0.4 is 15.5 Å². The highest BCUT2D eigenvalue weighted by atomic mass is 32.1. The summed E-state index contributed by atoms with van der Waals surface area (Å²) in [6.45, 7) is 2.75. The molecule has 0 saturated carbocycles. The lowest BCUT2D eigenvalue weighted by molar-refractivity contribution is -0.116. The van der Waals surface area contributed by atoms with Crippen molar-refractivity contribution in [2.75, 3.05) is 13.2 Å². The molecule has 2 rings (SSSR count). The molecule has 0 aliphatic rings. The predicted octanol–water partition coefficient (Wildman–Crippen LogP) is 2.86. The van der Waals surface area contributed by atoms with Gasteiger partial charge in [0.2, 0.25) is 5.91 Å². The standard InChI is InChI=1S/C19H20N2O3S/c1-14-4-2-3-5-15(14)8-11-18(22)20-12-13-24-17-9-6-16(7-10-17)19(25)21-23/h2-11,23H,12-13H2,1H3,(H,20,22)(H,21,25). The van der Waals surface area contributed by atoms with Gasteiger partial charge in [0.1, 0.15) is 17.3 Å². The monoisotopic (exact) mass is 356 g/mol. The molecular formula is C19H20N2O3S. The molecule has 0 aliphatic heterocycles. The van der Waals surface area contributed by atoms with Crippen LogP contribution in [0.4, 0.5) is 0 Å². The van der Waals surface area contributed by atoms with Gasteiger partial charge in [-0.3, -0.25) is 15.5 Å². The second-order valence-electron chi connectivity index (χ2n) is 5.29. The maximum Gasteiger partial charge on any atom is 0.244 e. The van der Waals surface area contributed by atoms with Gasteiger partial charge in [-0.25, -0.2) is 0 Å². The molecule has 0 heterocycles. The first kappa shape index (κ1) is 18.6. The largest absolute Gasteiger partial charge is 0.492 e. The highest BCUT2D eigenvalue weighted by molar-refractivity contribution is 7.80. The van der Waals surface area contributed by atoms with Crippen LogP contribution >= 0.6 is 12.2 Å². The summed E-state index contributed by atoms with van der Waals surface area (Å²) in [7, 11) is 0.